The second-order valence-corrected chi connectivity index (χ2v) is 6.36. The van der Waals surface area contributed by atoms with Crippen LogP contribution in [-0.4, -0.2) is 5.91 Å². The lowest BCUT2D eigenvalue weighted by Crippen LogP contribution is -2.43. The van der Waals surface area contributed by atoms with Gasteiger partial charge in [-0.05, 0) is 54.1 Å². The van der Waals surface area contributed by atoms with Gasteiger partial charge in [0.05, 0.1) is 11.1 Å². The third-order valence-electron chi connectivity index (χ3n) is 4.59. The largest absolute Gasteiger partial charge is 0.416 e. The van der Waals surface area contributed by atoms with Gasteiger partial charge < -0.3 is 5.32 Å². The Kier molecular flexibility index (Phi) is 4.30. The van der Waals surface area contributed by atoms with Crippen LogP contribution >= 0.6 is 0 Å². The maximum atomic E-state index is 13.3. The summed E-state index contributed by atoms with van der Waals surface area (Å²) >= 11 is 0. The molecule has 28 heavy (non-hydrogen) atoms. The molecule has 0 aliphatic carbocycles. The number of hydrogen-bond acceptors (Lipinski definition) is 2. The highest BCUT2D eigenvalue weighted by molar-refractivity contribution is 6.12. The van der Waals surface area contributed by atoms with Gasteiger partial charge in [0.25, 0.3) is 5.91 Å². The number of halogens is 4. The Hall–Kier alpha value is -3.35. The lowest BCUT2D eigenvalue weighted by molar-refractivity contribution is -0.137. The van der Waals surface area contributed by atoms with Crippen LogP contribution in [-0.2, 0) is 6.18 Å². The SMILES string of the molecule is O=C1c2ccccc2NC(c2ccc(C(F)(F)F)cc2)N1c1ccc(F)cc1. The van der Waals surface area contributed by atoms with Crippen LogP contribution in [0.3, 0.4) is 0 Å². The number of nitrogens with one attached hydrogen (secondary N) is 1. The van der Waals surface area contributed by atoms with E-state index in [2.05, 4.69) is 5.32 Å². The Morgan fingerprint density at radius 3 is 2.14 bits per heavy atom. The summed E-state index contributed by atoms with van der Waals surface area (Å²) in [6.07, 6.45) is -5.19. The Labute approximate surface area is 158 Å². The van der Waals surface area contributed by atoms with Gasteiger partial charge in [0.15, 0.2) is 0 Å². The van der Waals surface area contributed by atoms with E-state index in [0.29, 0.717) is 22.5 Å². The van der Waals surface area contributed by atoms with Crippen LogP contribution in [0.1, 0.15) is 27.7 Å². The first-order valence-electron chi connectivity index (χ1n) is 8.46. The zero-order chi connectivity index (χ0) is 19.9. The molecule has 0 fully saturated rings. The summed E-state index contributed by atoms with van der Waals surface area (Å²) in [5.41, 5.74) is 1.14. The Balaban J connectivity index is 1.80. The molecule has 1 aliphatic heterocycles. The minimum atomic E-state index is -4.45. The van der Waals surface area contributed by atoms with Crippen LogP contribution in [0.5, 0.6) is 0 Å². The van der Waals surface area contributed by atoms with E-state index in [1.54, 1.807) is 24.3 Å². The first kappa shape index (κ1) is 18.0. The van der Waals surface area contributed by atoms with E-state index in [9.17, 15) is 22.4 Å². The number of carbonyl (C=O) groups is 1. The van der Waals surface area contributed by atoms with Gasteiger partial charge in [-0.1, -0.05) is 24.3 Å². The molecule has 1 atom stereocenters. The van der Waals surface area contributed by atoms with Crippen LogP contribution in [0.4, 0.5) is 28.9 Å². The maximum Gasteiger partial charge on any atom is 0.416 e. The zero-order valence-corrected chi connectivity index (χ0v) is 14.4. The molecule has 1 aliphatic rings. The van der Waals surface area contributed by atoms with Crippen molar-refractivity contribution < 1.29 is 22.4 Å². The minimum Gasteiger partial charge on any atom is -0.360 e. The van der Waals surface area contributed by atoms with Gasteiger partial charge in [-0.25, -0.2) is 4.39 Å². The van der Waals surface area contributed by atoms with E-state index in [-0.39, 0.29) is 5.91 Å². The molecule has 0 saturated heterocycles. The van der Waals surface area contributed by atoms with Crippen molar-refractivity contribution in [1.82, 2.24) is 0 Å². The molecule has 1 unspecified atom stereocenters. The van der Waals surface area contributed by atoms with Gasteiger partial charge >= 0.3 is 6.18 Å². The first-order chi connectivity index (χ1) is 13.3. The molecule has 0 radical (unpaired) electrons. The predicted octanol–water partition coefficient (Wildman–Crippen LogP) is 5.62. The van der Waals surface area contributed by atoms with Crippen LogP contribution in [0.15, 0.2) is 72.8 Å². The first-order valence-corrected chi connectivity index (χ1v) is 8.46. The van der Waals surface area contributed by atoms with Gasteiger partial charge in [-0.2, -0.15) is 13.2 Å². The molecule has 142 valence electrons. The molecular formula is C21H14F4N2O. The van der Waals surface area contributed by atoms with Crippen molar-refractivity contribution >= 4 is 17.3 Å². The van der Waals surface area contributed by atoms with E-state index in [1.807, 2.05) is 0 Å². The second-order valence-electron chi connectivity index (χ2n) is 6.36. The van der Waals surface area contributed by atoms with Crippen molar-refractivity contribution in [3.8, 4) is 0 Å². The van der Waals surface area contributed by atoms with E-state index < -0.39 is 23.7 Å². The summed E-state index contributed by atoms with van der Waals surface area (Å²) < 4.78 is 52.0. The van der Waals surface area contributed by atoms with Crippen LogP contribution in [0.2, 0.25) is 0 Å². The molecule has 0 bridgehead atoms. The molecule has 1 heterocycles. The fraction of sp³-hybridized carbons (Fsp3) is 0.0952. The molecule has 1 amide bonds. The summed E-state index contributed by atoms with van der Waals surface area (Å²) in [6.45, 7) is 0. The van der Waals surface area contributed by atoms with Crippen molar-refractivity contribution in [2.24, 2.45) is 0 Å². The highest BCUT2D eigenvalue weighted by Gasteiger charge is 2.35. The van der Waals surface area contributed by atoms with Crippen LogP contribution < -0.4 is 10.2 Å². The second kappa shape index (κ2) is 6.67. The van der Waals surface area contributed by atoms with Crippen molar-refractivity contribution in [3.63, 3.8) is 0 Å². The normalized spacial score (nSPS) is 16.5. The molecular weight excluding hydrogens is 372 g/mol. The van der Waals surface area contributed by atoms with Gasteiger partial charge in [0.2, 0.25) is 0 Å². The van der Waals surface area contributed by atoms with Crippen molar-refractivity contribution in [2.75, 3.05) is 10.2 Å². The van der Waals surface area contributed by atoms with Crippen molar-refractivity contribution in [1.29, 1.82) is 0 Å². The number of anilines is 2. The number of amides is 1. The highest BCUT2D eigenvalue weighted by Crippen LogP contribution is 2.37. The number of para-hydroxylation sites is 1. The molecule has 3 aromatic rings. The van der Waals surface area contributed by atoms with Gasteiger partial charge in [-0.3, -0.25) is 9.69 Å². The summed E-state index contributed by atoms with van der Waals surface area (Å²) in [6, 6.07) is 16.9. The van der Waals surface area contributed by atoms with Crippen molar-refractivity contribution in [3.05, 3.63) is 95.3 Å². The number of hydrogen-bond donors (Lipinski definition) is 1. The number of nitrogens with zero attached hydrogens (tertiary/aromatic N) is 1. The standard InChI is InChI=1S/C21H14F4N2O/c22-15-9-11-16(12-10-15)27-19(13-5-7-14(8-6-13)21(23,24)25)26-18-4-2-1-3-17(18)20(27)28/h1-12,19,26H. The predicted molar refractivity (Wildman–Crippen MR) is 97.5 cm³/mol. The minimum absolute atomic E-state index is 0.328. The molecule has 7 heteroatoms. The zero-order valence-electron chi connectivity index (χ0n) is 14.4. The summed E-state index contributed by atoms with van der Waals surface area (Å²) in [4.78, 5) is 14.5. The van der Waals surface area contributed by atoms with Crippen molar-refractivity contribution in [2.45, 2.75) is 12.3 Å². The summed E-state index contributed by atoms with van der Waals surface area (Å²) in [5.74, 6) is -0.779. The lowest BCUT2D eigenvalue weighted by Gasteiger charge is -2.38. The number of alkyl halides is 3. The fourth-order valence-corrected chi connectivity index (χ4v) is 3.21. The van der Waals surface area contributed by atoms with E-state index in [1.165, 1.54) is 41.3 Å². The summed E-state index contributed by atoms with van der Waals surface area (Å²) in [5, 5.41) is 3.20. The Morgan fingerprint density at radius 1 is 0.857 bits per heavy atom. The Bertz CT molecular complexity index is 1010. The number of carbonyl (C=O) groups excluding carboxylic acids is 1. The number of fused-ring (bicyclic) bond motifs is 1. The average molecular weight is 386 g/mol. The monoisotopic (exact) mass is 386 g/mol. The quantitative estimate of drug-likeness (QED) is 0.580. The molecule has 0 saturated carbocycles. The molecule has 0 aromatic heterocycles. The highest BCUT2D eigenvalue weighted by atomic mass is 19.4. The molecule has 1 N–H and O–H groups in total. The van der Waals surface area contributed by atoms with Gasteiger partial charge in [-0.15, -0.1) is 0 Å². The van der Waals surface area contributed by atoms with Gasteiger partial charge in [0, 0.05) is 11.4 Å². The van der Waals surface area contributed by atoms with E-state index >= 15 is 0 Å². The third-order valence-corrected chi connectivity index (χ3v) is 4.59. The number of benzene rings is 3. The molecule has 3 nitrogen and oxygen atoms in total. The average Bonchev–Trinajstić information content (AvgIpc) is 2.68. The van der Waals surface area contributed by atoms with Gasteiger partial charge in [0.1, 0.15) is 12.0 Å². The number of rotatable bonds is 2. The molecule has 3 aromatic carbocycles. The molecule has 0 spiro atoms. The Morgan fingerprint density at radius 2 is 1.50 bits per heavy atom. The van der Waals surface area contributed by atoms with Crippen LogP contribution in [0, 0.1) is 5.82 Å². The summed E-state index contributed by atoms with van der Waals surface area (Å²) in [7, 11) is 0. The van der Waals surface area contributed by atoms with E-state index in [4.69, 9.17) is 0 Å². The maximum absolute atomic E-state index is 13.3. The van der Waals surface area contributed by atoms with E-state index in [0.717, 1.165) is 12.1 Å². The molecule has 4 rings (SSSR count). The fourth-order valence-electron chi connectivity index (χ4n) is 3.21. The van der Waals surface area contributed by atoms with Crippen LogP contribution in [0.25, 0.3) is 0 Å². The smallest absolute Gasteiger partial charge is 0.360 e. The lowest BCUT2D eigenvalue weighted by atomic mass is 10.0. The topological polar surface area (TPSA) is 32.3 Å². The third kappa shape index (κ3) is 3.19.